The van der Waals surface area contributed by atoms with E-state index in [9.17, 15) is 0 Å². The number of rotatable bonds is 5. The summed E-state index contributed by atoms with van der Waals surface area (Å²) in [6.07, 6.45) is 0. The third-order valence-electron chi connectivity index (χ3n) is 14.4. The van der Waals surface area contributed by atoms with Crippen LogP contribution < -0.4 is 0 Å². The van der Waals surface area contributed by atoms with Gasteiger partial charge in [0, 0.05) is 22.1 Å². The Balaban J connectivity index is 1.09. The molecule has 0 saturated carbocycles. The highest BCUT2D eigenvalue weighted by Crippen LogP contribution is 2.63. The first-order valence-corrected chi connectivity index (χ1v) is 22.8. The van der Waals surface area contributed by atoms with Crippen LogP contribution >= 0.6 is 0 Å². The van der Waals surface area contributed by atoms with E-state index >= 15 is 0 Å². The molecule has 2 aliphatic rings. The van der Waals surface area contributed by atoms with E-state index in [1.807, 2.05) is 24.3 Å². The highest BCUT2D eigenvalue weighted by atomic mass is 15.0. The van der Waals surface area contributed by atoms with Gasteiger partial charge in [0.05, 0.1) is 5.41 Å². The maximum Gasteiger partial charge on any atom is 0.164 e. The normalized spacial score (nSPS) is 13.8. The Morgan fingerprint density at radius 3 is 1.45 bits per heavy atom. The first-order chi connectivity index (χ1) is 32.5. The first kappa shape index (κ1) is 38.2. The molecule has 1 aromatic heterocycles. The molecule has 0 atom stereocenters. The number of fused-ring (bicyclic) bond motifs is 12. The smallest absolute Gasteiger partial charge is 0.164 e. The van der Waals surface area contributed by atoms with Crippen LogP contribution in [-0.4, -0.2) is 15.0 Å². The van der Waals surface area contributed by atoms with Gasteiger partial charge in [-0.05, 0) is 100 Å². The van der Waals surface area contributed by atoms with Gasteiger partial charge in [0.25, 0.3) is 0 Å². The largest absolute Gasteiger partial charge is 0.208 e. The van der Waals surface area contributed by atoms with E-state index in [-0.39, 0.29) is 5.41 Å². The van der Waals surface area contributed by atoms with Gasteiger partial charge in [-0.2, -0.15) is 0 Å². The van der Waals surface area contributed by atoms with E-state index in [1.54, 1.807) is 0 Å². The average Bonchev–Trinajstić information content (AvgIpc) is 3.68. The highest BCUT2D eigenvalue weighted by Gasteiger charge is 2.54. The molecule has 1 spiro atoms. The molecular weight excluding hydrogens is 799 g/mol. The van der Waals surface area contributed by atoms with Gasteiger partial charge < -0.3 is 0 Å². The van der Waals surface area contributed by atoms with E-state index in [1.165, 1.54) is 77.2 Å². The maximum absolute atomic E-state index is 5.42. The predicted molar refractivity (Wildman–Crippen MR) is 271 cm³/mol. The quantitative estimate of drug-likeness (QED) is 0.162. The van der Waals surface area contributed by atoms with Crippen molar-refractivity contribution in [3.05, 3.63) is 258 Å². The van der Waals surface area contributed by atoms with E-state index in [0.717, 1.165) is 27.8 Å². The van der Waals surface area contributed by atoms with E-state index in [2.05, 4.69) is 214 Å². The number of hydrogen-bond acceptors (Lipinski definition) is 3. The Hall–Kier alpha value is -8.27. The van der Waals surface area contributed by atoms with E-state index < -0.39 is 5.41 Å². The Bertz CT molecular complexity index is 3670. The standard InChI is InChI=1S/C63H43N3/c1-62(2)53-23-11-13-25-55(53)63(56-26-14-12-24-54(56)62)52-37-36-47(46-35-32-43-31-30-42-18-9-10-21-48(42)50(43)38-46)39-51(52)58-49(22-15-27-57(58)63)61-65-59(44-19-7-4-8-20-44)64-60(66-61)45-33-28-41(29-34-45)40-16-5-3-6-17-40/h3-39H,1-2H3. The Labute approximate surface area is 384 Å². The molecule has 0 aliphatic heterocycles. The molecule has 0 bridgehead atoms. The van der Waals surface area contributed by atoms with Gasteiger partial charge in [0.15, 0.2) is 17.5 Å². The monoisotopic (exact) mass is 841 g/mol. The van der Waals surface area contributed by atoms with Crippen LogP contribution in [0.2, 0.25) is 0 Å². The molecule has 3 heteroatoms. The Morgan fingerprint density at radius 2 is 0.758 bits per heavy atom. The molecule has 0 radical (unpaired) electrons. The van der Waals surface area contributed by atoms with Crippen molar-refractivity contribution in [1.82, 2.24) is 15.0 Å². The molecule has 10 aromatic carbocycles. The average molecular weight is 842 g/mol. The third-order valence-corrected chi connectivity index (χ3v) is 14.4. The zero-order valence-corrected chi connectivity index (χ0v) is 36.7. The fourth-order valence-electron chi connectivity index (χ4n) is 11.3. The molecule has 0 saturated heterocycles. The van der Waals surface area contributed by atoms with Crippen LogP contribution in [0.4, 0.5) is 0 Å². The van der Waals surface area contributed by atoms with Crippen molar-refractivity contribution in [2.24, 2.45) is 0 Å². The summed E-state index contributed by atoms with van der Waals surface area (Å²) in [7, 11) is 0. The number of nitrogens with zero attached hydrogens (tertiary/aromatic N) is 3. The molecule has 0 N–H and O–H groups in total. The highest BCUT2D eigenvalue weighted by molar-refractivity contribution is 6.09. The van der Waals surface area contributed by atoms with E-state index in [0.29, 0.717) is 17.5 Å². The molecule has 0 unspecified atom stereocenters. The fraction of sp³-hybridized carbons (Fsp3) is 0.0635. The molecule has 66 heavy (non-hydrogen) atoms. The van der Waals surface area contributed by atoms with Gasteiger partial charge in [0.1, 0.15) is 0 Å². The summed E-state index contributed by atoms with van der Waals surface area (Å²) >= 11 is 0. The van der Waals surface area contributed by atoms with Gasteiger partial charge in [0.2, 0.25) is 0 Å². The summed E-state index contributed by atoms with van der Waals surface area (Å²) in [5.41, 5.74) is 16.9. The molecule has 2 aliphatic carbocycles. The van der Waals surface area contributed by atoms with Crippen molar-refractivity contribution in [2.75, 3.05) is 0 Å². The second-order valence-electron chi connectivity index (χ2n) is 18.3. The van der Waals surface area contributed by atoms with Crippen molar-refractivity contribution in [3.63, 3.8) is 0 Å². The molecular formula is C63H43N3. The fourth-order valence-corrected chi connectivity index (χ4v) is 11.3. The zero-order chi connectivity index (χ0) is 44.0. The second kappa shape index (κ2) is 14.6. The zero-order valence-electron chi connectivity index (χ0n) is 36.7. The molecule has 310 valence electrons. The molecule has 13 rings (SSSR count). The third kappa shape index (κ3) is 5.66. The van der Waals surface area contributed by atoms with Gasteiger partial charge in [-0.15, -0.1) is 0 Å². The molecule has 0 fully saturated rings. The first-order valence-electron chi connectivity index (χ1n) is 22.8. The van der Waals surface area contributed by atoms with Crippen LogP contribution in [0.15, 0.2) is 224 Å². The van der Waals surface area contributed by atoms with Gasteiger partial charge in [-0.1, -0.05) is 226 Å². The van der Waals surface area contributed by atoms with Crippen LogP contribution in [-0.2, 0) is 10.8 Å². The van der Waals surface area contributed by atoms with Crippen molar-refractivity contribution < 1.29 is 0 Å². The van der Waals surface area contributed by atoms with Crippen molar-refractivity contribution in [3.8, 4) is 67.5 Å². The lowest BCUT2D eigenvalue weighted by atomic mass is 9.55. The van der Waals surface area contributed by atoms with Crippen molar-refractivity contribution in [2.45, 2.75) is 24.7 Å². The molecule has 3 nitrogen and oxygen atoms in total. The van der Waals surface area contributed by atoms with Crippen LogP contribution in [0.3, 0.4) is 0 Å². The van der Waals surface area contributed by atoms with Crippen LogP contribution in [0.25, 0.3) is 89.1 Å². The topological polar surface area (TPSA) is 38.7 Å². The van der Waals surface area contributed by atoms with Crippen LogP contribution in [0.1, 0.15) is 47.2 Å². The maximum atomic E-state index is 5.42. The van der Waals surface area contributed by atoms with Gasteiger partial charge in [-0.3, -0.25) is 0 Å². The Morgan fingerprint density at radius 1 is 0.288 bits per heavy atom. The lowest BCUT2D eigenvalue weighted by Gasteiger charge is -2.46. The van der Waals surface area contributed by atoms with Crippen molar-refractivity contribution in [1.29, 1.82) is 0 Å². The van der Waals surface area contributed by atoms with E-state index in [4.69, 9.17) is 15.0 Å². The summed E-state index contributed by atoms with van der Waals surface area (Å²) in [6, 6.07) is 81.7. The minimum Gasteiger partial charge on any atom is -0.208 e. The molecule has 0 amide bonds. The summed E-state index contributed by atoms with van der Waals surface area (Å²) in [5, 5.41) is 4.99. The lowest BCUT2D eigenvalue weighted by molar-refractivity contribution is 0.563. The van der Waals surface area contributed by atoms with Crippen LogP contribution in [0.5, 0.6) is 0 Å². The van der Waals surface area contributed by atoms with Gasteiger partial charge in [-0.25, -0.2) is 15.0 Å². The predicted octanol–water partition coefficient (Wildman–Crippen LogP) is 15.5. The number of aromatic nitrogens is 3. The SMILES string of the molecule is CC1(C)c2ccccc2C2(c3ccc(-c4ccc5ccc6ccccc6c5c4)cc3-c3c(-c4nc(-c5ccccc5)nc(-c5ccc(-c6ccccc6)cc5)n4)cccc32)c2ccccc21. The van der Waals surface area contributed by atoms with Gasteiger partial charge >= 0.3 is 0 Å². The van der Waals surface area contributed by atoms with Crippen molar-refractivity contribution >= 4 is 21.5 Å². The summed E-state index contributed by atoms with van der Waals surface area (Å²) in [6.45, 7) is 4.75. The second-order valence-corrected chi connectivity index (χ2v) is 18.3. The summed E-state index contributed by atoms with van der Waals surface area (Å²) in [5.74, 6) is 1.92. The minimum atomic E-state index is -0.590. The number of hydrogen-bond donors (Lipinski definition) is 0. The number of benzene rings is 10. The Kier molecular flexibility index (Phi) is 8.47. The molecule has 1 heterocycles. The molecule has 11 aromatic rings. The van der Waals surface area contributed by atoms with Crippen LogP contribution in [0, 0.1) is 0 Å². The minimum absolute atomic E-state index is 0.212. The summed E-state index contributed by atoms with van der Waals surface area (Å²) < 4.78 is 0. The summed E-state index contributed by atoms with van der Waals surface area (Å²) in [4.78, 5) is 16.0. The lowest BCUT2D eigenvalue weighted by Crippen LogP contribution is -2.40.